The van der Waals surface area contributed by atoms with Crippen LogP contribution in [0, 0.1) is 0 Å². The maximum Gasteiger partial charge on any atom is 0.239 e. The average Bonchev–Trinajstić information content (AvgIpc) is 3.21. The molecule has 222 valence electrons. The SMILES string of the molecule is COc1cc2c(c(OC)c1OC)-c1ccc(NCC(=O)NCCCN3CCOCC3)c(=O)cc1[C@H](NC(C)=O)CC2. The lowest BCUT2D eigenvalue weighted by Gasteiger charge is -2.26. The molecule has 0 radical (unpaired) electrons. The van der Waals surface area contributed by atoms with Crippen molar-refractivity contribution in [1.29, 1.82) is 0 Å². The van der Waals surface area contributed by atoms with Gasteiger partial charge in [-0.2, -0.15) is 0 Å². The number of carbonyl (C=O) groups excluding carboxylic acids is 2. The fourth-order valence-corrected chi connectivity index (χ4v) is 5.45. The summed E-state index contributed by atoms with van der Waals surface area (Å²) in [4.78, 5) is 40.3. The van der Waals surface area contributed by atoms with E-state index in [4.69, 9.17) is 18.9 Å². The van der Waals surface area contributed by atoms with Crippen molar-refractivity contribution in [2.24, 2.45) is 0 Å². The Balaban J connectivity index is 1.59. The van der Waals surface area contributed by atoms with Gasteiger partial charge in [0.1, 0.15) is 0 Å². The topological polar surface area (TPSA) is 127 Å². The summed E-state index contributed by atoms with van der Waals surface area (Å²) < 4.78 is 22.4. The number of fused-ring (bicyclic) bond motifs is 3. The lowest BCUT2D eigenvalue weighted by Crippen LogP contribution is -2.38. The fraction of sp³-hybridized carbons (Fsp3) is 0.500. The summed E-state index contributed by atoms with van der Waals surface area (Å²) in [7, 11) is 4.67. The number of nitrogens with one attached hydrogen (secondary N) is 3. The summed E-state index contributed by atoms with van der Waals surface area (Å²) in [5, 5.41) is 8.90. The van der Waals surface area contributed by atoms with Crippen LogP contribution in [0.3, 0.4) is 0 Å². The highest BCUT2D eigenvalue weighted by atomic mass is 16.5. The molecular formula is C30H40N4O7. The molecule has 41 heavy (non-hydrogen) atoms. The van der Waals surface area contributed by atoms with E-state index < -0.39 is 6.04 Å². The number of methoxy groups -OCH3 is 3. The van der Waals surface area contributed by atoms with Crippen LogP contribution in [0.25, 0.3) is 11.1 Å². The normalized spacial score (nSPS) is 16.4. The number of morpholine rings is 1. The summed E-state index contributed by atoms with van der Waals surface area (Å²) in [6, 6.07) is 6.53. The van der Waals surface area contributed by atoms with Crippen molar-refractivity contribution in [2.45, 2.75) is 32.2 Å². The monoisotopic (exact) mass is 568 g/mol. The van der Waals surface area contributed by atoms with Gasteiger partial charge >= 0.3 is 0 Å². The molecule has 1 atom stereocenters. The molecule has 0 unspecified atom stereocenters. The predicted molar refractivity (Wildman–Crippen MR) is 156 cm³/mol. The van der Waals surface area contributed by atoms with E-state index in [-0.39, 0.29) is 29.5 Å². The summed E-state index contributed by atoms with van der Waals surface area (Å²) in [5.41, 5.74) is 3.10. The lowest BCUT2D eigenvalue weighted by molar-refractivity contribution is -0.120. The zero-order chi connectivity index (χ0) is 29.4. The smallest absolute Gasteiger partial charge is 0.239 e. The second-order valence-electron chi connectivity index (χ2n) is 10.1. The van der Waals surface area contributed by atoms with E-state index in [0.29, 0.717) is 42.2 Å². The van der Waals surface area contributed by atoms with Crippen LogP contribution < -0.4 is 35.6 Å². The summed E-state index contributed by atoms with van der Waals surface area (Å²) in [6.45, 7) is 6.19. The van der Waals surface area contributed by atoms with Gasteiger partial charge in [-0.1, -0.05) is 6.07 Å². The highest BCUT2D eigenvalue weighted by Gasteiger charge is 2.29. The van der Waals surface area contributed by atoms with E-state index in [2.05, 4.69) is 20.9 Å². The molecule has 0 bridgehead atoms. The van der Waals surface area contributed by atoms with E-state index >= 15 is 0 Å². The maximum atomic E-state index is 13.4. The van der Waals surface area contributed by atoms with Crippen molar-refractivity contribution in [3.8, 4) is 28.4 Å². The second kappa shape index (κ2) is 14.2. The first kappa shape index (κ1) is 30.1. The Morgan fingerprint density at radius 2 is 1.80 bits per heavy atom. The molecule has 4 rings (SSSR count). The standard InChI is InChI=1S/C30H40N4O7/c1-19(35)33-23-8-6-20-16-26(38-2)29(39-3)30(40-4)28(20)21-7-9-24(25(36)17-22(21)23)32-18-27(37)31-10-5-11-34-12-14-41-15-13-34/h7,9,16-17,23H,5-6,8,10-15,18H2,1-4H3,(H,31,37)(H,32,36)(H,33,35)/t23-/m1/s1. The molecule has 11 heteroatoms. The number of rotatable bonds is 11. The van der Waals surface area contributed by atoms with Crippen LogP contribution in [0.5, 0.6) is 17.2 Å². The maximum absolute atomic E-state index is 13.4. The van der Waals surface area contributed by atoms with Crippen LogP contribution in [-0.2, 0) is 20.7 Å². The Hall–Kier alpha value is -3.83. The zero-order valence-electron chi connectivity index (χ0n) is 24.3. The molecule has 2 aromatic carbocycles. The molecule has 1 aliphatic carbocycles. The van der Waals surface area contributed by atoms with Gasteiger partial charge in [-0.05, 0) is 60.7 Å². The Kier molecular flexibility index (Phi) is 10.4. The molecule has 2 amide bonds. The largest absolute Gasteiger partial charge is 0.493 e. The Morgan fingerprint density at radius 3 is 2.49 bits per heavy atom. The average molecular weight is 569 g/mol. The number of hydrogen-bond acceptors (Lipinski definition) is 9. The quantitative estimate of drug-likeness (QED) is 0.349. The minimum absolute atomic E-state index is 0.0402. The third-order valence-corrected chi connectivity index (χ3v) is 7.43. The van der Waals surface area contributed by atoms with Gasteiger partial charge in [0, 0.05) is 32.1 Å². The van der Waals surface area contributed by atoms with E-state index in [0.717, 1.165) is 56.0 Å². The third kappa shape index (κ3) is 7.28. The molecule has 0 aromatic heterocycles. The van der Waals surface area contributed by atoms with Gasteiger partial charge in [-0.25, -0.2) is 0 Å². The van der Waals surface area contributed by atoms with E-state index in [1.807, 2.05) is 12.1 Å². The number of hydrogen-bond donors (Lipinski definition) is 3. The minimum atomic E-state index is -0.403. The van der Waals surface area contributed by atoms with Gasteiger partial charge in [0.05, 0.1) is 52.8 Å². The molecule has 1 fully saturated rings. The molecule has 1 aliphatic heterocycles. The zero-order valence-corrected chi connectivity index (χ0v) is 24.3. The Morgan fingerprint density at radius 1 is 1.05 bits per heavy atom. The number of anilines is 1. The van der Waals surface area contributed by atoms with Crippen LogP contribution in [0.2, 0.25) is 0 Å². The Labute approximate surface area is 240 Å². The van der Waals surface area contributed by atoms with Crippen molar-refractivity contribution in [2.75, 3.05) is 72.6 Å². The molecule has 1 saturated heterocycles. The van der Waals surface area contributed by atoms with Crippen molar-refractivity contribution in [3.05, 3.63) is 45.6 Å². The number of ether oxygens (including phenoxy) is 4. The molecular weight excluding hydrogens is 528 g/mol. The molecule has 1 heterocycles. The number of nitrogens with zero attached hydrogens (tertiary/aromatic N) is 1. The lowest BCUT2D eigenvalue weighted by atomic mass is 9.95. The number of amides is 2. The number of aryl methyl sites for hydroxylation is 1. The first-order chi connectivity index (χ1) is 19.9. The van der Waals surface area contributed by atoms with Gasteiger partial charge in [-0.15, -0.1) is 0 Å². The molecule has 0 saturated carbocycles. The van der Waals surface area contributed by atoms with Gasteiger partial charge in [0.2, 0.25) is 23.0 Å². The predicted octanol–water partition coefficient (Wildman–Crippen LogP) is 2.11. The molecule has 3 N–H and O–H groups in total. The summed E-state index contributed by atoms with van der Waals surface area (Å²) in [5.74, 6) is 1.06. The second-order valence-corrected chi connectivity index (χ2v) is 10.1. The summed E-state index contributed by atoms with van der Waals surface area (Å²) >= 11 is 0. The molecule has 2 aromatic rings. The first-order valence-electron chi connectivity index (χ1n) is 13.9. The highest BCUT2D eigenvalue weighted by Crippen LogP contribution is 2.50. The molecule has 11 nitrogen and oxygen atoms in total. The van der Waals surface area contributed by atoms with Crippen LogP contribution in [0.15, 0.2) is 29.1 Å². The number of carbonyl (C=O) groups is 2. The van der Waals surface area contributed by atoms with Crippen molar-refractivity contribution in [3.63, 3.8) is 0 Å². The van der Waals surface area contributed by atoms with E-state index in [1.54, 1.807) is 27.4 Å². The van der Waals surface area contributed by atoms with Gasteiger partial charge < -0.3 is 34.9 Å². The highest BCUT2D eigenvalue weighted by molar-refractivity contribution is 5.84. The van der Waals surface area contributed by atoms with Crippen molar-refractivity contribution >= 4 is 17.5 Å². The van der Waals surface area contributed by atoms with E-state index in [1.165, 1.54) is 13.0 Å². The van der Waals surface area contributed by atoms with Gasteiger partial charge in [0.25, 0.3) is 0 Å². The van der Waals surface area contributed by atoms with Crippen molar-refractivity contribution in [1.82, 2.24) is 15.5 Å². The third-order valence-electron chi connectivity index (χ3n) is 7.43. The summed E-state index contributed by atoms with van der Waals surface area (Å²) in [6.07, 6.45) is 2.02. The molecule has 0 spiro atoms. The Bertz CT molecular complexity index is 1310. The fourth-order valence-electron chi connectivity index (χ4n) is 5.45. The van der Waals surface area contributed by atoms with Crippen LogP contribution in [-0.4, -0.2) is 84.0 Å². The molecule has 2 aliphatic rings. The first-order valence-corrected chi connectivity index (χ1v) is 13.9. The van der Waals surface area contributed by atoms with Crippen molar-refractivity contribution < 1.29 is 28.5 Å². The van der Waals surface area contributed by atoms with E-state index in [9.17, 15) is 14.4 Å². The van der Waals surface area contributed by atoms with Crippen LogP contribution in [0.4, 0.5) is 5.69 Å². The minimum Gasteiger partial charge on any atom is -0.493 e. The number of benzene rings is 1. The van der Waals surface area contributed by atoms with Crippen LogP contribution >= 0.6 is 0 Å². The van der Waals surface area contributed by atoms with Gasteiger partial charge in [0.15, 0.2) is 11.5 Å². The van der Waals surface area contributed by atoms with Gasteiger partial charge in [-0.3, -0.25) is 19.3 Å². The van der Waals surface area contributed by atoms with Crippen LogP contribution in [0.1, 0.15) is 36.9 Å².